The summed E-state index contributed by atoms with van der Waals surface area (Å²) in [6, 6.07) is 13.4. The van der Waals surface area contributed by atoms with Crippen LogP contribution in [0.5, 0.6) is 0 Å². The first-order chi connectivity index (χ1) is 9.20. The second kappa shape index (κ2) is 6.73. The normalized spacial score (nSPS) is 10.7. The average Bonchev–Trinajstić information content (AvgIpc) is 2.40. The first-order valence-electron chi connectivity index (χ1n) is 6.31. The zero-order valence-electron chi connectivity index (χ0n) is 11.2. The zero-order valence-corrected chi connectivity index (χ0v) is 12.1. The van der Waals surface area contributed by atoms with Crippen molar-refractivity contribution in [2.45, 2.75) is 24.1 Å². The second-order valence-corrected chi connectivity index (χ2v) is 5.51. The molecule has 19 heavy (non-hydrogen) atoms. The molecule has 0 saturated heterocycles. The highest BCUT2D eigenvalue weighted by atomic mass is 32.2. The van der Waals surface area contributed by atoms with Gasteiger partial charge in [0.25, 0.3) is 0 Å². The van der Waals surface area contributed by atoms with Crippen molar-refractivity contribution in [1.29, 1.82) is 0 Å². The number of rotatable bonds is 5. The molecule has 0 aliphatic rings. The number of benzene rings is 2. The molecule has 0 radical (unpaired) electrons. The van der Waals surface area contributed by atoms with E-state index in [1.807, 2.05) is 19.2 Å². The number of halogens is 1. The number of thioether (sulfide) groups is 1. The van der Waals surface area contributed by atoms with E-state index in [4.69, 9.17) is 0 Å². The fraction of sp³-hybridized carbons (Fsp3) is 0.250. The molecule has 0 aromatic heterocycles. The Kier molecular flexibility index (Phi) is 5.00. The van der Waals surface area contributed by atoms with E-state index in [9.17, 15) is 4.39 Å². The highest BCUT2D eigenvalue weighted by Crippen LogP contribution is 2.28. The van der Waals surface area contributed by atoms with Gasteiger partial charge in [0, 0.05) is 17.2 Å². The van der Waals surface area contributed by atoms with Gasteiger partial charge in [-0.2, -0.15) is 0 Å². The highest BCUT2D eigenvalue weighted by Gasteiger charge is 2.05. The van der Waals surface area contributed by atoms with Crippen LogP contribution >= 0.6 is 11.8 Å². The molecule has 0 aliphatic carbocycles. The summed E-state index contributed by atoms with van der Waals surface area (Å²) in [5.74, 6) is 0.736. The van der Waals surface area contributed by atoms with Gasteiger partial charge in [-0.15, -0.1) is 11.8 Å². The Morgan fingerprint density at radius 3 is 2.63 bits per heavy atom. The maximum atomic E-state index is 13.3. The van der Waals surface area contributed by atoms with Crippen LogP contribution < -0.4 is 5.32 Å². The van der Waals surface area contributed by atoms with Crippen LogP contribution in [0.1, 0.15) is 16.7 Å². The number of nitrogens with one attached hydrogen (secondary N) is 1. The van der Waals surface area contributed by atoms with Crippen molar-refractivity contribution in [2.75, 3.05) is 7.05 Å². The fourth-order valence-electron chi connectivity index (χ4n) is 1.94. The Balaban J connectivity index is 2.13. The molecular weight excluding hydrogens is 257 g/mol. The zero-order chi connectivity index (χ0) is 13.7. The van der Waals surface area contributed by atoms with Gasteiger partial charge >= 0.3 is 0 Å². The molecule has 0 spiro atoms. The second-order valence-electron chi connectivity index (χ2n) is 4.50. The summed E-state index contributed by atoms with van der Waals surface area (Å²) in [7, 11) is 1.88. The van der Waals surface area contributed by atoms with Crippen LogP contribution in [0.4, 0.5) is 4.39 Å². The third-order valence-electron chi connectivity index (χ3n) is 3.03. The molecule has 3 heteroatoms. The first-order valence-corrected chi connectivity index (χ1v) is 7.29. The van der Waals surface area contributed by atoms with E-state index in [0.717, 1.165) is 16.2 Å². The molecule has 0 bridgehead atoms. The summed E-state index contributed by atoms with van der Waals surface area (Å²) in [4.78, 5) is 1.14. The molecule has 2 aromatic rings. The van der Waals surface area contributed by atoms with E-state index in [-0.39, 0.29) is 5.82 Å². The standard InChI is InChI=1S/C16H18FNS/c1-12-5-3-4-6-13(12)11-19-16-8-7-15(17)9-14(16)10-18-2/h3-9,18H,10-11H2,1-2H3. The minimum Gasteiger partial charge on any atom is -0.316 e. The van der Waals surface area contributed by atoms with Crippen LogP contribution in [-0.2, 0) is 12.3 Å². The smallest absolute Gasteiger partial charge is 0.123 e. The predicted molar refractivity (Wildman–Crippen MR) is 79.9 cm³/mol. The molecule has 2 rings (SSSR count). The molecule has 0 fully saturated rings. The van der Waals surface area contributed by atoms with E-state index in [1.54, 1.807) is 17.8 Å². The predicted octanol–water partition coefficient (Wildman–Crippen LogP) is 4.15. The van der Waals surface area contributed by atoms with Crippen molar-refractivity contribution in [1.82, 2.24) is 5.32 Å². The van der Waals surface area contributed by atoms with E-state index in [2.05, 4.69) is 30.4 Å². The SMILES string of the molecule is CNCc1cc(F)ccc1SCc1ccccc1C. The molecule has 0 amide bonds. The lowest BCUT2D eigenvalue weighted by Gasteiger charge is -2.10. The van der Waals surface area contributed by atoms with Crippen molar-refractivity contribution in [3.05, 3.63) is 65.0 Å². The molecule has 0 saturated carbocycles. The van der Waals surface area contributed by atoms with Gasteiger partial charge in [-0.3, -0.25) is 0 Å². The van der Waals surface area contributed by atoms with Gasteiger partial charge in [0.1, 0.15) is 5.82 Å². The Morgan fingerprint density at radius 2 is 1.89 bits per heavy atom. The Morgan fingerprint density at radius 1 is 1.11 bits per heavy atom. The van der Waals surface area contributed by atoms with Gasteiger partial charge in [0.05, 0.1) is 0 Å². The molecule has 0 heterocycles. The van der Waals surface area contributed by atoms with Crippen molar-refractivity contribution in [3.63, 3.8) is 0 Å². The van der Waals surface area contributed by atoms with Gasteiger partial charge in [-0.1, -0.05) is 24.3 Å². The highest BCUT2D eigenvalue weighted by molar-refractivity contribution is 7.98. The van der Waals surface area contributed by atoms with E-state index < -0.39 is 0 Å². The van der Waals surface area contributed by atoms with Gasteiger partial charge < -0.3 is 5.32 Å². The Labute approximate surface area is 118 Å². The maximum absolute atomic E-state index is 13.3. The van der Waals surface area contributed by atoms with Gasteiger partial charge in [0.2, 0.25) is 0 Å². The van der Waals surface area contributed by atoms with Crippen molar-refractivity contribution in [2.24, 2.45) is 0 Å². The first kappa shape index (κ1) is 14.1. The summed E-state index contributed by atoms with van der Waals surface area (Å²) in [5.41, 5.74) is 3.64. The topological polar surface area (TPSA) is 12.0 Å². The lowest BCUT2D eigenvalue weighted by Crippen LogP contribution is -2.06. The average molecular weight is 275 g/mol. The fourth-order valence-corrected chi connectivity index (χ4v) is 3.06. The Hall–Kier alpha value is -1.32. The van der Waals surface area contributed by atoms with Crippen LogP contribution in [0, 0.1) is 12.7 Å². The van der Waals surface area contributed by atoms with Crippen LogP contribution in [-0.4, -0.2) is 7.05 Å². The maximum Gasteiger partial charge on any atom is 0.123 e. The molecule has 2 aromatic carbocycles. The third-order valence-corrected chi connectivity index (χ3v) is 4.20. The van der Waals surface area contributed by atoms with Gasteiger partial charge in [0.15, 0.2) is 0 Å². The molecule has 100 valence electrons. The lowest BCUT2D eigenvalue weighted by atomic mass is 10.1. The molecule has 1 nitrogen and oxygen atoms in total. The third kappa shape index (κ3) is 3.82. The summed E-state index contributed by atoms with van der Waals surface area (Å²) < 4.78 is 13.3. The summed E-state index contributed by atoms with van der Waals surface area (Å²) in [6.45, 7) is 2.81. The van der Waals surface area contributed by atoms with Crippen molar-refractivity contribution >= 4 is 11.8 Å². The van der Waals surface area contributed by atoms with Crippen LogP contribution in [0.25, 0.3) is 0 Å². The van der Waals surface area contributed by atoms with Crippen molar-refractivity contribution < 1.29 is 4.39 Å². The van der Waals surface area contributed by atoms with Crippen LogP contribution in [0.3, 0.4) is 0 Å². The number of hydrogen-bond acceptors (Lipinski definition) is 2. The minimum atomic E-state index is -0.175. The number of aryl methyl sites for hydroxylation is 1. The summed E-state index contributed by atoms with van der Waals surface area (Å²) in [6.07, 6.45) is 0. The monoisotopic (exact) mass is 275 g/mol. The molecule has 0 unspecified atom stereocenters. The van der Waals surface area contributed by atoms with Gasteiger partial charge in [-0.25, -0.2) is 4.39 Å². The van der Waals surface area contributed by atoms with Gasteiger partial charge in [-0.05, 0) is 48.9 Å². The van der Waals surface area contributed by atoms with E-state index in [0.29, 0.717) is 6.54 Å². The Bertz CT molecular complexity index is 554. The quantitative estimate of drug-likeness (QED) is 0.823. The lowest BCUT2D eigenvalue weighted by molar-refractivity contribution is 0.621. The molecule has 0 atom stereocenters. The molecule has 1 N–H and O–H groups in total. The molecular formula is C16H18FNS. The number of hydrogen-bond donors (Lipinski definition) is 1. The summed E-state index contributed by atoms with van der Waals surface area (Å²) in [5, 5.41) is 3.08. The summed E-state index contributed by atoms with van der Waals surface area (Å²) >= 11 is 1.76. The largest absolute Gasteiger partial charge is 0.316 e. The van der Waals surface area contributed by atoms with E-state index in [1.165, 1.54) is 17.2 Å². The van der Waals surface area contributed by atoms with Crippen LogP contribution in [0.2, 0.25) is 0 Å². The van der Waals surface area contributed by atoms with E-state index >= 15 is 0 Å². The van der Waals surface area contributed by atoms with Crippen molar-refractivity contribution in [3.8, 4) is 0 Å². The van der Waals surface area contributed by atoms with Crippen LogP contribution in [0.15, 0.2) is 47.4 Å². The minimum absolute atomic E-state index is 0.175. The molecule has 0 aliphatic heterocycles.